The average molecular weight is 558 g/mol. The largest absolute Gasteiger partial charge is 0.493 e. The summed E-state index contributed by atoms with van der Waals surface area (Å²) < 4.78 is 11.6. The fourth-order valence-corrected chi connectivity index (χ4v) is 6.36. The van der Waals surface area contributed by atoms with E-state index < -0.39 is 5.54 Å². The van der Waals surface area contributed by atoms with Crippen LogP contribution in [0.1, 0.15) is 48.6 Å². The molecule has 1 saturated heterocycles. The number of carbonyl (C=O) groups excluding carboxylic acids is 2. The van der Waals surface area contributed by atoms with Crippen molar-refractivity contribution in [3.05, 3.63) is 94.1 Å². The van der Waals surface area contributed by atoms with Crippen LogP contribution in [-0.4, -0.2) is 53.4 Å². The van der Waals surface area contributed by atoms with Gasteiger partial charge in [0.2, 0.25) is 5.91 Å². The number of H-pyrrole nitrogens is 1. The van der Waals surface area contributed by atoms with Crippen molar-refractivity contribution >= 4 is 34.3 Å². The van der Waals surface area contributed by atoms with Crippen molar-refractivity contribution in [3.63, 3.8) is 0 Å². The Morgan fingerprint density at radius 2 is 1.82 bits per heavy atom. The quantitative estimate of drug-likeness (QED) is 0.309. The third kappa shape index (κ3) is 4.11. The van der Waals surface area contributed by atoms with E-state index in [9.17, 15) is 9.59 Å². The lowest BCUT2D eigenvalue weighted by Gasteiger charge is -2.51. The molecule has 1 aromatic heterocycles. The number of para-hydroxylation sites is 1. The van der Waals surface area contributed by atoms with E-state index in [2.05, 4.69) is 18.0 Å². The second kappa shape index (κ2) is 10.2. The van der Waals surface area contributed by atoms with Crippen LogP contribution in [-0.2, 0) is 21.7 Å². The Balaban J connectivity index is 1.47. The molecule has 8 heteroatoms. The molecule has 2 aliphatic rings. The molecular formula is C32H32ClN3O4. The number of aromatic nitrogens is 1. The zero-order chi connectivity index (χ0) is 28.0. The molecule has 0 spiro atoms. The molecule has 3 heterocycles. The SMILES string of the molecule is CCCOc1ccc([C@@H]2CN3C(=O)CN(Cc4ccccc4Cl)C(=O)[C@]3(C)c3[nH]c4ccccc4c32)cc1OC. The highest BCUT2D eigenvalue weighted by Gasteiger charge is 2.56. The monoisotopic (exact) mass is 557 g/mol. The van der Waals surface area contributed by atoms with Crippen LogP contribution in [0.5, 0.6) is 11.5 Å². The number of amides is 2. The molecule has 4 aromatic rings. The number of aromatic amines is 1. The molecule has 0 saturated carbocycles. The number of nitrogens with zero attached hydrogens (tertiary/aromatic N) is 2. The highest BCUT2D eigenvalue weighted by atomic mass is 35.5. The second-order valence-corrected chi connectivity index (χ2v) is 11.0. The molecule has 1 N–H and O–H groups in total. The third-order valence-corrected chi connectivity index (χ3v) is 8.56. The zero-order valence-corrected chi connectivity index (χ0v) is 23.6. The zero-order valence-electron chi connectivity index (χ0n) is 22.9. The van der Waals surface area contributed by atoms with Gasteiger partial charge >= 0.3 is 0 Å². The molecule has 2 aliphatic heterocycles. The number of ether oxygens (including phenoxy) is 2. The van der Waals surface area contributed by atoms with Gasteiger partial charge in [-0.05, 0) is 54.3 Å². The predicted molar refractivity (Wildman–Crippen MR) is 155 cm³/mol. The van der Waals surface area contributed by atoms with Crippen molar-refractivity contribution < 1.29 is 19.1 Å². The summed E-state index contributed by atoms with van der Waals surface area (Å²) in [7, 11) is 1.63. The third-order valence-electron chi connectivity index (χ3n) is 8.19. The standard InChI is InChI=1S/C32H32ClN3O4/c1-4-15-40-26-14-13-20(16-27(26)39-3)23-18-36-28(37)19-35(17-21-9-5-7-11-24(21)33)31(38)32(36,2)30-29(23)22-10-6-8-12-25(22)34-30/h5-14,16,23,34H,4,15,17-19H2,1-3H3/t23-,32-/m0/s1. The number of piperazine rings is 1. The van der Waals surface area contributed by atoms with Crippen molar-refractivity contribution in [2.75, 3.05) is 26.8 Å². The van der Waals surface area contributed by atoms with Gasteiger partial charge in [0.15, 0.2) is 17.0 Å². The molecule has 3 aromatic carbocycles. The van der Waals surface area contributed by atoms with E-state index in [1.54, 1.807) is 23.0 Å². The summed E-state index contributed by atoms with van der Waals surface area (Å²) in [6.07, 6.45) is 0.892. The van der Waals surface area contributed by atoms with E-state index in [0.29, 0.717) is 29.7 Å². The first kappa shape index (κ1) is 26.3. The minimum atomic E-state index is -1.18. The molecule has 2 atom stereocenters. The number of carbonyl (C=O) groups is 2. The lowest BCUT2D eigenvalue weighted by molar-refractivity contribution is -0.166. The fourth-order valence-electron chi connectivity index (χ4n) is 6.17. The van der Waals surface area contributed by atoms with E-state index in [-0.39, 0.29) is 30.8 Å². The molecule has 2 amide bonds. The Hall–Kier alpha value is -3.97. The molecule has 0 bridgehead atoms. The molecule has 0 radical (unpaired) electrons. The van der Waals surface area contributed by atoms with Crippen LogP contribution in [0.15, 0.2) is 66.7 Å². The Morgan fingerprint density at radius 3 is 2.60 bits per heavy atom. The van der Waals surface area contributed by atoms with Crippen molar-refractivity contribution in [1.29, 1.82) is 0 Å². The second-order valence-electron chi connectivity index (χ2n) is 10.6. The van der Waals surface area contributed by atoms with Gasteiger partial charge in [0, 0.05) is 34.9 Å². The molecule has 7 nitrogen and oxygen atoms in total. The van der Waals surface area contributed by atoms with Crippen molar-refractivity contribution in [2.24, 2.45) is 0 Å². The molecule has 6 rings (SSSR count). The van der Waals surface area contributed by atoms with Crippen molar-refractivity contribution in [3.8, 4) is 11.5 Å². The Bertz CT molecular complexity index is 1620. The van der Waals surface area contributed by atoms with Crippen LogP contribution in [0.3, 0.4) is 0 Å². The van der Waals surface area contributed by atoms with Crippen LogP contribution >= 0.6 is 11.6 Å². The lowest BCUT2D eigenvalue weighted by Crippen LogP contribution is -2.67. The number of rotatable bonds is 7. The van der Waals surface area contributed by atoms with E-state index in [4.69, 9.17) is 21.1 Å². The van der Waals surface area contributed by atoms with Crippen molar-refractivity contribution in [2.45, 2.75) is 38.3 Å². The maximum absolute atomic E-state index is 14.3. The van der Waals surface area contributed by atoms with Gasteiger partial charge in [-0.25, -0.2) is 0 Å². The number of fused-ring (bicyclic) bond motifs is 5. The summed E-state index contributed by atoms with van der Waals surface area (Å²) >= 11 is 6.43. The number of methoxy groups -OCH3 is 1. The topological polar surface area (TPSA) is 74.9 Å². The summed E-state index contributed by atoms with van der Waals surface area (Å²) in [5.41, 5.74) is 3.32. The smallest absolute Gasteiger partial charge is 0.255 e. The predicted octanol–water partition coefficient (Wildman–Crippen LogP) is 5.85. The summed E-state index contributed by atoms with van der Waals surface area (Å²) in [4.78, 5) is 35.0. The van der Waals surface area contributed by atoms with E-state index in [1.165, 1.54) is 0 Å². The van der Waals surface area contributed by atoms with Crippen LogP contribution in [0.4, 0.5) is 0 Å². The van der Waals surface area contributed by atoms with Gasteiger partial charge in [-0.15, -0.1) is 0 Å². The first-order valence-electron chi connectivity index (χ1n) is 13.6. The van der Waals surface area contributed by atoms with E-state index in [0.717, 1.165) is 39.7 Å². The maximum Gasteiger partial charge on any atom is 0.255 e. The van der Waals surface area contributed by atoms with Crippen LogP contribution in [0.2, 0.25) is 5.02 Å². The van der Waals surface area contributed by atoms with Crippen molar-refractivity contribution in [1.82, 2.24) is 14.8 Å². The lowest BCUT2D eigenvalue weighted by atomic mass is 9.76. The Labute approximate surface area is 238 Å². The minimum Gasteiger partial charge on any atom is -0.493 e. The summed E-state index contributed by atoms with van der Waals surface area (Å²) in [6, 6.07) is 21.4. The van der Waals surface area contributed by atoms with Gasteiger partial charge in [-0.1, -0.05) is 61.0 Å². The minimum absolute atomic E-state index is 0.00492. The first-order valence-corrected chi connectivity index (χ1v) is 14.0. The molecular weight excluding hydrogens is 526 g/mol. The summed E-state index contributed by atoms with van der Waals surface area (Å²) in [5, 5.41) is 1.61. The molecule has 40 heavy (non-hydrogen) atoms. The van der Waals surface area contributed by atoms with Gasteiger partial charge < -0.3 is 24.3 Å². The van der Waals surface area contributed by atoms with Gasteiger partial charge in [0.05, 0.1) is 19.4 Å². The summed E-state index contributed by atoms with van der Waals surface area (Å²) in [5.74, 6) is 0.942. The normalized spacial score (nSPS) is 20.4. The number of nitrogens with one attached hydrogen (secondary N) is 1. The van der Waals surface area contributed by atoms with Gasteiger partial charge in [0.1, 0.15) is 6.54 Å². The Kier molecular flexibility index (Phi) is 6.70. The fraction of sp³-hybridized carbons (Fsp3) is 0.312. The molecule has 1 fully saturated rings. The van der Waals surface area contributed by atoms with Gasteiger partial charge in [0.25, 0.3) is 5.91 Å². The molecule has 0 unspecified atom stereocenters. The number of halogens is 1. The highest BCUT2D eigenvalue weighted by Crippen LogP contribution is 2.49. The van der Waals surface area contributed by atoms with E-state index >= 15 is 0 Å². The molecule has 206 valence electrons. The maximum atomic E-state index is 14.3. The van der Waals surface area contributed by atoms with E-state index in [1.807, 2.05) is 61.5 Å². The van der Waals surface area contributed by atoms with Gasteiger partial charge in [-0.3, -0.25) is 9.59 Å². The number of benzene rings is 3. The van der Waals surface area contributed by atoms with Gasteiger partial charge in [-0.2, -0.15) is 0 Å². The average Bonchev–Trinajstić information content (AvgIpc) is 3.37. The number of hydrogen-bond acceptors (Lipinski definition) is 4. The van der Waals surface area contributed by atoms with Crippen LogP contribution in [0, 0.1) is 0 Å². The van der Waals surface area contributed by atoms with Crippen LogP contribution < -0.4 is 9.47 Å². The van der Waals surface area contributed by atoms with Crippen LogP contribution in [0.25, 0.3) is 10.9 Å². The summed E-state index contributed by atoms with van der Waals surface area (Å²) in [6.45, 7) is 5.15. The highest BCUT2D eigenvalue weighted by molar-refractivity contribution is 6.31. The Morgan fingerprint density at radius 1 is 1.05 bits per heavy atom. The molecule has 0 aliphatic carbocycles. The number of hydrogen-bond donors (Lipinski definition) is 1. The first-order chi connectivity index (χ1) is 19.4.